The molecular formula is C24H32N2O3. The Balaban J connectivity index is 2.11. The molecular weight excluding hydrogens is 364 g/mol. The Morgan fingerprint density at radius 3 is 2.17 bits per heavy atom. The summed E-state index contributed by atoms with van der Waals surface area (Å²) in [5.41, 5.74) is 1.13. The summed E-state index contributed by atoms with van der Waals surface area (Å²) in [7, 11) is 0. The van der Waals surface area contributed by atoms with Gasteiger partial charge in [0.2, 0.25) is 5.91 Å². The van der Waals surface area contributed by atoms with Gasteiger partial charge in [0.15, 0.2) is 6.61 Å². The summed E-state index contributed by atoms with van der Waals surface area (Å²) < 4.78 is 5.65. The van der Waals surface area contributed by atoms with E-state index >= 15 is 0 Å². The van der Waals surface area contributed by atoms with Gasteiger partial charge < -0.3 is 15.0 Å². The maximum atomic E-state index is 13.0. The zero-order chi connectivity index (χ0) is 21.1. The Labute approximate surface area is 174 Å². The standard InChI is InChI=1S/C24H32N2O3/c1-4-19(3)25-24(28)22(5-2)26(17-16-20-12-8-6-9-13-20)23(27)18-29-21-14-10-7-11-15-21/h6-15,19,22H,4-5,16-18H2,1-3H3,(H,25,28)/t19-,22-/m1/s1. The van der Waals surface area contributed by atoms with Crippen molar-refractivity contribution in [1.82, 2.24) is 10.2 Å². The lowest BCUT2D eigenvalue weighted by Crippen LogP contribution is -2.52. The van der Waals surface area contributed by atoms with Crippen LogP contribution >= 0.6 is 0 Å². The first-order valence-electron chi connectivity index (χ1n) is 10.4. The van der Waals surface area contributed by atoms with Crippen LogP contribution in [0.5, 0.6) is 5.75 Å². The van der Waals surface area contributed by atoms with E-state index in [4.69, 9.17) is 4.74 Å². The van der Waals surface area contributed by atoms with Gasteiger partial charge in [-0.3, -0.25) is 9.59 Å². The summed E-state index contributed by atoms with van der Waals surface area (Å²) in [6.07, 6.45) is 2.08. The lowest BCUT2D eigenvalue weighted by atomic mass is 10.1. The van der Waals surface area contributed by atoms with Crippen LogP contribution < -0.4 is 10.1 Å². The molecule has 0 saturated carbocycles. The van der Waals surface area contributed by atoms with Gasteiger partial charge in [-0.1, -0.05) is 62.4 Å². The van der Waals surface area contributed by atoms with E-state index in [9.17, 15) is 9.59 Å². The van der Waals surface area contributed by atoms with Crippen molar-refractivity contribution in [3.63, 3.8) is 0 Å². The van der Waals surface area contributed by atoms with Gasteiger partial charge in [-0.05, 0) is 43.9 Å². The van der Waals surface area contributed by atoms with Crippen LogP contribution in [-0.2, 0) is 16.0 Å². The van der Waals surface area contributed by atoms with Gasteiger partial charge in [0.25, 0.3) is 5.91 Å². The van der Waals surface area contributed by atoms with Gasteiger partial charge in [0.05, 0.1) is 0 Å². The second-order valence-electron chi connectivity index (χ2n) is 7.17. The normalized spacial score (nSPS) is 12.7. The quantitative estimate of drug-likeness (QED) is 0.628. The zero-order valence-electron chi connectivity index (χ0n) is 17.6. The Kier molecular flexibility index (Phi) is 9.22. The van der Waals surface area contributed by atoms with Gasteiger partial charge in [-0.2, -0.15) is 0 Å². The molecule has 0 aliphatic rings. The number of carbonyl (C=O) groups is 2. The maximum Gasteiger partial charge on any atom is 0.261 e. The monoisotopic (exact) mass is 396 g/mol. The molecule has 0 aromatic heterocycles. The van der Waals surface area contributed by atoms with Crippen molar-refractivity contribution in [3.8, 4) is 5.75 Å². The fraction of sp³-hybridized carbons (Fsp3) is 0.417. The summed E-state index contributed by atoms with van der Waals surface area (Å²) in [6, 6.07) is 18.8. The highest BCUT2D eigenvalue weighted by molar-refractivity contribution is 5.88. The molecule has 0 aliphatic heterocycles. The van der Waals surface area contributed by atoms with Crippen LogP contribution in [0.15, 0.2) is 60.7 Å². The van der Waals surface area contributed by atoms with Crippen molar-refractivity contribution in [2.75, 3.05) is 13.2 Å². The van der Waals surface area contributed by atoms with Crippen molar-refractivity contribution in [2.45, 2.75) is 52.1 Å². The van der Waals surface area contributed by atoms with Crippen molar-refractivity contribution >= 4 is 11.8 Å². The third kappa shape index (κ3) is 7.26. The SMILES string of the molecule is CC[C@@H](C)NC(=O)[C@@H](CC)N(CCc1ccccc1)C(=O)COc1ccccc1. The average molecular weight is 397 g/mol. The van der Waals surface area contributed by atoms with E-state index in [2.05, 4.69) is 5.32 Å². The number of carbonyl (C=O) groups excluding carboxylic acids is 2. The van der Waals surface area contributed by atoms with Gasteiger partial charge in [-0.15, -0.1) is 0 Å². The van der Waals surface area contributed by atoms with Gasteiger partial charge in [0, 0.05) is 12.6 Å². The van der Waals surface area contributed by atoms with E-state index < -0.39 is 6.04 Å². The van der Waals surface area contributed by atoms with E-state index in [1.54, 1.807) is 4.90 Å². The Hall–Kier alpha value is -2.82. The zero-order valence-corrected chi connectivity index (χ0v) is 17.6. The summed E-state index contributed by atoms with van der Waals surface area (Å²) in [4.78, 5) is 27.5. The first-order valence-corrected chi connectivity index (χ1v) is 10.4. The third-order valence-corrected chi connectivity index (χ3v) is 4.98. The summed E-state index contributed by atoms with van der Waals surface area (Å²) in [6.45, 7) is 6.30. The predicted octanol–water partition coefficient (Wildman–Crippen LogP) is 3.83. The molecule has 5 heteroatoms. The second-order valence-corrected chi connectivity index (χ2v) is 7.17. The molecule has 156 valence electrons. The number of nitrogens with one attached hydrogen (secondary N) is 1. The van der Waals surface area contributed by atoms with Crippen molar-refractivity contribution in [3.05, 3.63) is 66.2 Å². The molecule has 0 fully saturated rings. The van der Waals surface area contributed by atoms with Gasteiger partial charge in [-0.25, -0.2) is 0 Å². The Morgan fingerprint density at radius 2 is 1.59 bits per heavy atom. The molecule has 5 nitrogen and oxygen atoms in total. The molecule has 0 heterocycles. The van der Waals surface area contributed by atoms with Gasteiger partial charge >= 0.3 is 0 Å². The van der Waals surface area contributed by atoms with E-state index in [0.717, 1.165) is 12.0 Å². The number of nitrogens with zero attached hydrogens (tertiary/aromatic N) is 1. The lowest BCUT2D eigenvalue weighted by Gasteiger charge is -2.31. The second kappa shape index (κ2) is 11.9. The van der Waals surface area contributed by atoms with Gasteiger partial charge in [0.1, 0.15) is 11.8 Å². The van der Waals surface area contributed by atoms with E-state index in [1.807, 2.05) is 81.4 Å². The van der Waals surface area contributed by atoms with Crippen LogP contribution in [0.2, 0.25) is 0 Å². The van der Waals surface area contributed by atoms with E-state index in [-0.39, 0.29) is 24.5 Å². The van der Waals surface area contributed by atoms with Crippen LogP contribution in [0.3, 0.4) is 0 Å². The van der Waals surface area contributed by atoms with Crippen LogP contribution in [0.4, 0.5) is 0 Å². The highest BCUT2D eigenvalue weighted by Crippen LogP contribution is 2.12. The third-order valence-electron chi connectivity index (χ3n) is 4.98. The number of ether oxygens (including phenoxy) is 1. The number of para-hydroxylation sites is 1. The molecule has 0 radical (unpaired) electrons. The molecule has 2 aromatic rings. The minimum Gasteiger partial charge on any atom is -0.484 e. The highest BCUT2D eigenvalue weighted by Gasteiger charge is 2.29. The number of amides is 2. The van der Waals surface area contributed by atoms with Crippen LogP contribution in [-0.4, -0.2) is 41.9 Å². The Morgan fingerprint density at radius 1 is 0.966 bits per heavy atom. The van der Waals surface area contributed by atoms with Crippen molar-refractivity contribution in [2.24, 2.45) is 0 Å². The fourth-order valence-electron chi connectivity index (χ4n) is 3.08. The van der Waals surface area contributed by atoms with Crippen LogP contribution in [0.1, 0.15) is 39.2 Å². The van der Waals surface area contributed by atoms with E-state index in [0.29, 0.717) is 25.1 Å². The lowest BCUT2D eigenvalue weighted by molar-refractivity contribution is -0.142. The molecule has 2 amide bonds. The minimum absolute atomic E-state index is 0.0724. The number of rotatable bonds is 11. The fourth-order valence-corrected chi connectivity index (χ4v) is 3.08. The predicted molar refractivity (Wildman–Crippen MR) is 116 cm³/mol. The minimum atomic E-state index is -0.514. The number of benzene rings is 2. The molecule has 0 aliphatic carbocycles. The van der Waals surface area contributed by atoms with Crippen LogP contribution in [0, 0.1) is 0 Å². The smallest absolute Gasteiger partial charge is 0.261 e. The molecule has 2 atom stereocenters. The molecule has 0 spiro atoms. The summed E-state index contributed by atoms with van der Waals surface area (Å²) >= 11 is 0. The molecule has 29 heavy (non-hydrogen) atoms. The topological polar surface area (TPSA) is 58.6 Å². The number of hydrogen-bond acceptors (Lipinski definition) is 3. The first kappa shape index (κ1) is 22.5. The molecule has 2 rings (SSSR count). The largest absolute Gasteiger partial charge is 0.484 e. The highest BCUT2D eigenvalue weighted by atomic mass is 16.5. The maximum absolute atomic E-state index is 13.0. The molecule has 0 unspecified atom stereocenters. The first-order chi connectivity index (χ1) is 14.0. The average Bonchev–Trinajstić information content (AvgIpc) is 2.76. The van der Waals surface area contributed by atoms with E-state index in [1.165, 1.54) is 0 Å². The molecule has 0 bridgehead atoms. The molecule has 2 aromatic carbocycles. The van der Waals surface area contributed by atoms with Crippen LogP contribution in [0.25, 0.3) is 0 Å². The summed E-state index contributed by atoms with van der Waals surface area (Å²) in [5, 5.41) is 3.01. The Bertz CT molecular complexity index is 749. The molecule has 1 N–H and O–H groups in total. The molecule has 0 saturated heterocycles. The summed E-state index contributed by atoms with van der Waals surface area (Å²) in [5.74, 6) is 0.347. The van der Waals surface area contributed by atoms with Crippen molar-refractivity contribution in [1.29, 1.82) is 0 Å². The number of hydrogen-bond donors (Lipinski definition) is 1. The van der Waals surface area contributed by atoms with Crippen molar-refractivity contribution < 1.29 is 14.3 Å².